The number of anilines is 1. The van der Waals surface area contributed by atoms with Crippen LogP contribution in [0.3, 0.4) is 0 Å². The molecule has 1 aliphatic rings. The van der Waals surface area contributed by atoms with E-state index in [0.29, 0.717) is 12.2 Å². The fourth-order valence-electron chi connectivity index (χ4n) is 2.74. The van der Waals surface area contributed by atoms with Crippen LogP contribution in [-0.2, 0) is 0 Å². The molecular weight excluding hydrogens is 366 g/mol. The SMILES string of the molecule is Cc1ccc(NC(=O)NCCCN2C(=O)c3ccc([N+](=O)[O-])cc3C2=O)nc1. The predicted octanol–water partition coefficient (Wildman–Crippen LogP) is 2.11. The highest BCUT2D eigenvalue weighted by Gasteiger charge is 2.36. The number of nitrogens with zero attached hydrogens (tertiary/aromatic N) is 3. The van der Waals surface area contributed by atoms with Crippen LogP contribution < -0.4 is 10.6 Å². The molecular formula is C18H17N5O5. The molecule has 4 amide bonds. The molecule has 144 valence electrons. The molecule has 2 aromatic rings. The molecule has 0 unspecified atom stereocenters. The molecule has 0 atom stereocenters. The topological polar surface area (TPSA) is 135 Å². The zero-order valence-corrected chi connectivity index (χ0v) is 15.0. The summed E-state index contributed by atoms with van der Waals surface area (Å²) in [7, 11) is 0. The highest BCUT2D eigenvalue weighted by molar-refractivity contribution is 6.21. The first-order chi connectivity index (χ1) is 13.4. The maximum Gasteiger partial charge on any atom is 0.320 e. The normalized spacial score (nSPS) is 12.7. The van der Waals surface area contributed by atoms with Crippen LogP contribution in [0, 0.1) is 17.0 Å². The number of aryl methyl sites for hydroxylation is 1. The van der Waals surface area contributed by atoms with Crippen molar-refractivity contribution in [2.24, 2.45) is 0 Å². The minimum Gasteiger partial charge on any atom is -0.338 e. The van der Waals surface area contributed by atoms with Gasteiger partial charge in [0, 0.05) is 31.4 Å². The van der Waals surface area contributed by atoms with Crippen molar-refractivity contribution < 1.29 is 19.3 Å². The van der Waals surface area contributed by atoms with E-state index in [2.05, 4.69) is 15.6 Å². The minimum absolute atomic E-state index is 0.0235. The van der Waals surface area contributed by atoms with Crippen molar-refractivity contribution >= 4 is 29.4 Å². The number of nitro benzene ring substituents is 1. The summed E-state index contributed by atoms with van der Waals surface area (Å²) in [6.07, 6.45) is 1.96. The summed E-state index contributed by atoms with van der Waals surface area (Å²) in [6.45, 7) is 2.20. The van der Waals surface area contributed by atoms with Gasteiger partial charge in [-0.1, -0.05) is 6.07 Å². The molecule has 1 aliphatic heterocycles. The smallest absolute Gasteiger partial charge is 0.320 e. The van der Waals surface area contributed by atoms with Crippen LogP contribution in [0.5, 0.6) is 0 Å². The standard InChI is InChI=1S/C18H17N5O5/c1-11-3-6-15(20-10-11)21-18(26)19-7-2-8-22-16(24)13-5-4-12(23(27)28)9-14(13)17(22)25/h3-6,9-10H,2,7-8H2,1H3,(H2,19,20,21,26). The number of nitrogens with one attached hydrogen (secondary N) is 2. The molecule has 10 heteroatoms. The Morgan fingerprint density at radius 1 is 1.18 bits per heavy atom. The number of aromatic nitrogens is 1. The number of imide groups is 1. The fraction of sp³-hybridized carbons (Fsp3) is 0.222. The maximum absolute atomic E-state index is 12.4. The lowest BCUT2D eigenvalue weighted by atomic mass is 10.1. The van der Waals surface area contributed by atoms with Gasteiger partial charge in [-0.05, 0) is 31.0 Å². The van der Waals surface area contributed by atoms with Crippen molar-refractivity contribution in [1.82, 2.24) is 15.2 Å². The van der Waals surface area contributed by atoms with Gasteiger partial charge in [0.2, 0.25) is 0 Å². The van der Waals surface area contributed by atoms with Gasteiger partial charge in [-0.3, -0.25) is 29.9 Å². The van der Waals surface area contributed by atoms with Gasteiger partial charge in [0.25, 0.3) is 17.5 Å². The second kappa shape index (κ2) is 7.82. The average molecular weight is 383 g/mol. The number of nitro groups is 1. The van der Waals surface area contributed by atoms with E-state index in [1.165, 1.54) is 12.1 Å². The number of hydrogen-bond donors (Lipinski definition) is 2. The van der Waals surface area contributed by atoms with Gasteiger partial charge >= 0.3 is 6.03 Å². The lowest BCUT2D eigenvalue weighted by Gasteiger charge is -2.14. The van der Waals surface area contributed by atoms with Gasteiger partial charge < -0.3 is 5.32 Å². The predicted molar refractivity (Wildman–Crippen MR) is 99.1 cm³/mol. The summed E-state index contributed by atoms with van der Waals surface area (Å²) in [5, 5.41) is 16.0. The third-order valence-electron chi connectivity index (χ3n) is 4.16. The van der Waals surface area contributed by atoms with Gasteiger partial charge in [0.15, 0.2) is 0 Å². The van der Waals surface area contributed by atoms with E-state index in [9.17, 15) is 24.5 Å². The number of urea groups is 1. The van der Waals surface area contributed by atoms with Crippen molar-refractivity contribution in [1.29, 1.82) is 0 Å². The van der Waals surface area contributed by atoms with E-state index < -0.39 is 22.8 Å². The Hall–Kier alpha value is -3.82. The molecule has 28 heavy (non-hydrogen) atoms. The monoisotopic (exact) mass is 383 g/mol. The van der Waals surface area contributed by atoms with Crippen molar-refractivity contribution in [3.8, 4) is 0 Å². The molecule has 0 saturated carbocycles. The van der Waals surface area contributed by atoms with Crippen LogP contribution in [0.25, 0.3) is 0 Å². The van der Waals surface area contributed by atoms with E-state index in [-0.39, 0.29) is 29.9 Å². The lowest BCUT2D eigenvalue weighted by molar-refractivity contribution is -0.384. The molecule has 0 bridgehead atoms. The Labute approximate surface area is 159 Å². The van der Waals surface area contributed by atoms with E-state index in [0.717, 1.165) is 16.5 Å². The number of fused-ring (bicyclic) bond motifs is 1. The Bertz CT molecular complexity index is 957. The largest absolute Gasteiger partial charge is 0.338 e. The van der Waals surface area contributed by atoms with Gasteiger partial charge in [-0.2, -0.15) is 0 Å². The van der Waals surface area contributed by atoms with Crippen molar-refractivity contribution in [2.75, 3.05) is 18.4 Å². The van der Waals surface area contributed by atoms with Gasteiger partial charge in [0.05, 0.1) is 16.1 Å². The molecule has 1 aromatic heterocycles. The third kappa shape index (κ3) is 3.95. The second-order valence-corrected chi connectivity index (χ2v) is 6.20. The summed E-state index contributed by atoms with van der Waals surface area (Å²) in [5.74, 6) is -0.662. The number of carbonyl (C=O) groups is 3. The summed E-state index contributed by atoms with van der Waals surface area (Å²) in [4.78, 5) is 51.8. The number of benzene rings is 1. The number of pyridine rings is 1. The van der Waals surface area contributed by atoms with Crippen LogP contribution in [0.4, 0.5) is 16.3 Å². The van der Waals surface area contributed by atoms with Gasteiger partial charge in [-0.15, -0.1) is 0 Å². The highest BCUT2D eigenvalue weighted by Crippen LogP contribution is 2.26. The maximum atomic E-state index is 12.4. The number of rotatable bonds is 6. The van der Waals surface area contributed by atoms with Gasteiger partial charge in [-0.25, -0.2) is 9.78 Å². The van der Waals surface area contributed by atoms with E-state index in [1.807, 2.05) is 13.0 Å². The molecule has 0 saturated heterocycles. The van der Waals surface area contributed by atoms with E-state index in [1.54, 1.807) is 12.3 Å². The zero-order chi connectivity index (χ0) is 20.3. The first kappa shape index (κ1) is 19.0. The summed E-state index contributed by atoms with van der Waals surface area (Å²) >= 11 is 0. The summed E-state index contributed by atoms with van der Waals surface area (Å²) < 4.78 is 0. The van der Waals surface area contributed by atoms with Crippen LogP contribution in [0.15, 0.2) is 36.5 Å². The average Bonchev–Trinajstić information content (AvgIpc) is 2.91. The fourth-order valence-corrected chi connectivity index (χ4v) is 2.74. The van der Waals surface area contributed by atoms with Crippen molar-refractivity contribution in [3.05, 3.63) is 63.3 Å². The van der Waals surface area contributed by atoms with Crippen LogP contribution in [-0.4, -0.2) is 45.7 Å². The summed E-state index contributed by atoms with van der Waals surface area (Å²) in [5.41, 5.74) is 0.893. The molecule has 1 aromatic carbocycles. The molecule has 0 spiro atoms. The number of hydrogen-bond acceptors (Lipinski definition) is 6. The lowest BCUT2D eigenvalue weighted by Crippen LogP contribution is -2.35. The molecule has 10 nitrogen and oxygen atoms in total. The highest BCUT2D eigenvalue weighted by atomic mass is 16.6. The molecule has 0 radical (unpaired) electrons. The van der Waals surface area contributed by atoms with Gasteiger partial charge in [0.1, 0.15) is 5.82 Å². The van der Waals surface area contributed by atoms with Crippen LogP contribution in [0.2, 0.25) is 0 Å². The molecule has 0 aliphatic carbocycles. The Kier molecular flexibility index (Phi) is 5.30. The van der Waals surface area contributed by atoms with Crippen LogP contribution in [0.1, 0.15) is 32.7 Å². The quantitative estimate of drug-likeness (QED) is 0.339. The Morgan fingerprint density at radius 3 is 2.61 bits per heavy atom. The number of non-ortho nitro benzene ring substituents is 1. The number of amides is 4. The Balaban J connectivity index is 1.50. The van der Waals surface area contributed by atoms with Crippen molar-refractivity contribution in [2.45, 2.75) is 13.3 Å². The third-order valence-corrected chi connectivity index (χ3v) is 4.16. The van der Waals surface area contributed by atoms with Crippen molar-refractivity contribution in [3.63, 3.8) is 0 Å². The molecule has 0 fully saturated rings. The first-order valence-electron chi connectivity index (χ1n) is 8.49. The Morgan fingerprint density at radius 2 is 1.93 bits per heavy atom. The van der Waals surface area contributed by atoms with E-state index >= 15 is 0 Å². The number of carbonyl (C=O) groups excluding carboxylic acids is 3. The zero-order valence-electron chi connectivity index (χ0n) is 15.0. The first-order valence-corrected chi connectivity index (χ1v) is 8.49. The summed E-state index contributed by atoms with van der Waals surface area (Å²) in [6, 6.07) is 6.62. The van der Waals surface area contributed by atoms with E-state index in [4.69, 9.17) is 0 Å². The minimum atomic E-state index is -0.619. The molecule has 3 rings (SSSR count). The molecule has 2 N–H and O–H groups in total. The molecule has 2 heterocycles. The second-order valence-electron chi connectivity index (χ2n) is 6.20. The van der Waals surface area contributed by atoms with Crippen LogP contribution >= 0.6 is 0 Å².